The van der Waals surface area contributed by atoms with Gasteiger partial charge in [0.1, 0.15) is 11.5 Å². The van der Waals surface area contributed by atoms with Crippen molar-refractivity contribution in [2.45, 2.75) is 39.2 Å². The van der Waals surface area contributed by atoms with Crippen LogP contribution in [0.4, 0.5) is 10.5 Å². The minimum absolute atomic E-state index is 0.178. The van der Waals surface area contributed by atoms with Crippen LogP contribution in [0.2, 0.25) is 0 Å². The Hall–Kier alpha value is -2.25. The van der Waals surface area contributed by atoms with Gasteiger partial charge in [-0.25, -0.2) is 4.79 Å². The summed E-state index contributed by atoms with van der Waals surface area (Å²) in [5.41, 5.74) is 2.18. The maximum atomic E-state index is 12.4. The molecule has 0 radical (unpaired) electrons. The first-order chi connectivity index (χ1) is 16.4. The van der Waals surface area contributed by atoms with Gasteiger partial charge >= 0.3 is 6.09 Å². The number of rotatable bonds is 8. The Morgan fingerprint density at radius 3 is 2.44 bits per heavy atom. The molecule has 2 saturated heterocycles. The number of cyclic esters (lactones) is 1. The minimum Gasteiger partial charge on any atom is -0.497 e. The van der Waals surface area contributed by atoms with Gasteiger partial charge in [0.25, 0.3) is 0 Å². The van der Waals surface area contributed by atoms with E-state index in [1.165, 1.54) is 18.4 Å². The van der Waals surface area contributed by atoms with Crippen LogP contribution in [-0.2, 0) is 11.2 Å². The van der Waals surface area contributed by atoms with Crippen molar-refractivity contribution in [1.82, 2.24) is 4.90 Å². The summed E-state index contributed by atoms with van der Waals surface area (Å²) in [7, 11) is 1.64. The fourth-order valence-corrected chi connectivity index (χ4v) is 5.25. The SMILES string of the molecule is COc1ccc(N2CC(CN3CCC(Cc4cc(OC(C)C)ccc4Br)CC3)COC2=O)cc1. The predicted octanol–water partition coefficient (Wildman–Crippen LogP) is 5.77. The molecule has 4 rings (SSSR count). The van der Waals surface area contributed by atoms with E-state index in [4.69, 9.17) is 14.2 Å². The van der Waals surface area contributed by atoms with Crippen LogP contribution in [0.5, 0.6) is 11.5 Å². The molecule has 0 spiro atoms. The van der Waals surface area contributed by atoms with Gasteiger partial charge in [0, 0.05) is 29.2 Å². The van der Waals surface area contributed by atoms with Gasteiger partial charge in [0.15, 0.2) is 0 Å². The summed E-state index contributed by atoms with van der Waals surface area (Å²) >= 11 is 3.72. The summed E-state index contributed by atoms with van der Waals surface area (Å²) < 4.78 is 17.8. The Labute approximate surface area is 211 Å². The molecule has 6 nitrogen and oxygen atoms in total. The van der Waals surface area contributed by atoms with Crippen molar-refractivity contribution < 1.29 is 19.0 Å². The minimum atomic E-state index is -0.269. The second-order valence-corrected chi connectivity index (χ2v) is 10.5. The molecule has 2 fully saturated rings. The topological polar surface area (TPSA) is 51.2 Å². The fraction of sp³-hybridized carbons (Fsp3) is 0.519. The number of likely N-dealkylation sites (tertiary alicyclic amines) is 1. The normalized spacial score (nSPS) is 19.9. The number of benzene rings is 2. The summed E-state index contributed by atoms with van der Waals surface area (Å²) in [5.74, 6) is 2.69. The van der Waals surface area contributed by atoms with E-state index in [0.717, 1.165) is 47.7 Å². The average molecular weight is 531 g/mol. The van der Waals surface area contributed by atoms with Crippen molar-refractivity contribution in [3.63, 3.8) is 0 Å². The molecule has 1 unspecified atom stereocenters. The zero-order valence-corrected chi connectivity index (χ0v) is 21.9. The van der Waals surface area contributed by atoms with E-state index in [0.29, 0.717) is 25.0 Å². The van der Waals surface area contributed by atoms with Gasteiger partial charge in [-0.2, -0.15) is 0 Å². The lowest BCUT2D eigenvalue weighted by Crippen LogP contribution is -2.48. The largest absolute Gasteiger partial charge is 0.497 e. The van der Waals surface area contributed by atoms with Crippen LogP contribution in [0.1, 0.15) is 32.3 Å². The molecular weight excluding hydrogens is 496 g/mol. The summed E-state index contributed by atoms with van der Waals surface area (Å²) in [6, 6.07) is 13.9. The Morgan fingerprint density at radius 1 is 1.06 bits per heavy atom. The van der Waals surface area contributed by atoms with Gasteiger partial charge in [-0.15, -0.1) is 0 Å². The molecule has 34 heavy (non-hydrogen) atoms. The molecule has 7 heteroatoms. The predicted molar refractivity (Wildman–Crippen MR) is 138 cm³/mol. The zero-order valence-electron chi connectivity index (χ0n) is 20.3. The number of nitrogens with zero attached hydrogens (tertiary/aromatic N) is 2. The maximum absolute atomic E-state index is 12.4. The molecule has 2 aliphatic heterocycles. The van der Waals surface area contributed by atoms with E-state index < -0.39 is 0 Å². The lowest BCUT2D eigenvalue weighted by Gasteiger charge is -2.38. The van der Waals surface area contributed by atoms with Crippen molar-refractivity contribution in [1.29, 1.82) is 0 Å². The van der Waals surface area contributed by atoms with Crippen LogP contribution in [0.3, 0.4) is 0 Å². The third kappa shape index (κ3) is 6.45. The van der Waals surface area contributed by atoms with Crippen molar-refractivity contribution in [2.75, 3.05) is 44.8 Å². The summed E-state index contributed by atoms with van der Waals surface area (Å²) in [6.07, 6.45) is 3.33. The van der Waals surface area contributed by atoms with Crippen LogP contribution >= 0.6 is 15.9 Å². The second kappa shape index (κ2) is 11.5. The number of amides is 1. The first kappa shape index (κ1) is 24.9. The zero-order chi connectivity index (χ0) is 24.1. The Kier molecular flexibility index (Phi) is 8.37. The molecule has 0 aromatic heterocycles. The number of ether oxygens (including phenoxy) is 3. The van der Waals surface area contributed by atoms with E-state index >= 15 is 0 Å². The summed E-state index contributed by atoms with van der Waals surface area (Å²) in [4.78, 5) is 16.6. The Bertz CT molecular complexity index is 958. The van der Waals surface area contributed by atoms with Gasteiger partial charge in [-0.1, -0.05) is 15.9 Å². The molecule has 2 heterocycles. The van der Waals surface area contributed by atoms with Crippen LogP contribution in [0, 0.1) is 11.8 Å². The molecule has 2 aromatic rings. The summed E-state index contributed by atoms with van der Waals surface area (Å²) in [5, 5.41) is 0. The average Bonchev–Trinajstić information content (AvgIpc) is 2.83. The maximum Gasteiger partial charge on any atom is 0.414 e. The molecule has 2 aliphatic rings. The monoisotopic (exact) mass is 530 g/mol. The number of piperidine rings is 1. The molecule has 184 valence electrons. The van der Waals surface area contributed by atoms with Crippen molar-refractivity contribution >= 4 is 27.7 Å². The molecule has 2 aromatic carbocycles. The van der Waals surface area contributed by atoms with Crippen molar-refractivity contribution in [3.05, 3.63) is 52.5 Å². The van der Waals surface area contributed by atoms with Gasteiger partial charge in [0.05, 0.1) is 19.8 Å². The highest BCUT2D eigenvalue weighted by Crippen LogP contribution is 2.30. The molecule has 0 N–H and O–H groups in total. The van der Waals surface area contributed by atoms with Gasteiger partial charge in [0.2, 0.25) is 0 Å². The first-order valence-electron chi connectivity index (χ1n) is 12.2. The van der Waals surface area contributed by atoms with Crippen LogP contribution in [0.25, 0.3) is 0 Å². The Balaban J connectivity index is 1.28. The van der Waals surface area contributed by atoms with Crippen molar-refractivity contribution in [2.24, 2.45) is 11.8 Å². The van der Waals surface area contributed by atoms with Crippen LogP contribution in [0.15, 0.2) is 46.9 Å². The van der Waals surface area contributed by atoms with E-state index in [2.05, 4.69) is 46.8 Å². The first-order valence-corrected chi connectivity index (χ1v) is 13.0. The highest BCUT2D eigenvalue weighted by atomic mass is 79.9. The molecule has 1 atom stereocenters. The third-order valence-corrected chi connectivity index (χ3v) is 7.38. The van der Waals surface area contributed by atoms with E-state index in [1.54, 1.807) is 12.0 Å². The summed E-state index contributed by atoms with van der Waals surface area (Å²) in [6.45, 7) is 8.40. The van der Waals surface area contributed by atoms with E-state index in [-0.39, 0.29) is 12.2 Å². The smallest absolute Gasteiger partial charge is 0.414 e. The lowest BCUT2D eigenvalue weighted by molar-refractivity contribution is 0.0870. The molecule has 0 aliphatic carbocycles. The molecule has 0 bridgehead atoms. The van der Waals surface area contributed by atoms with Gasteiger partial charge < -0.3 is 19.1 Å². The number of anilines is 1. The van der Waals surface area contributed by atoms with Crippen LogP contribution < -0.4 is 14.4 Å². The molecule has 1 amide bonds. The number of carbonyl (C=O) groups excluding carboxylic acids is 1. The third-order valence-electron chi connectivity index (χ3n) is 6.61. The van der Waals surface area contributed by atoms with E-state index in [9.17, 15) is 4.79 Å². The fourth-order valence-electron chi connectivity index (χ4n) is 4.84. The lowest BCUT2D eigenvalue weighted by atomic mass is 9.89. The van der Waals surface area contributed by atoms with E-state index in [1.807, 2.05) is 30.3 Å². The quantitative estimate of drug-likeness (QED) is 0.433. The van der Waals surface area contributed by atoms with Crippen LogP contribution in [-0.4, -0.2) is 57.0 Å². The van der Waals surface area contributed by atoms with Crippen molar-refractivity contribution in [3.8, 4) is 11.5 Å². The van der Waals surface area contributed by atoms with Gasteiger partial charge in [-0.05, 0) is 100 Å². The van der Waals surface area contributed by atoms with Gasteiger partial charge in [-0.3, -0.25) is 4.90 Å². The standard InChI is InChI=1S/C27H35BrN2O4/c1-19(2)34-25-8-9-26(28)22(15-25)14-20-10-12-29(13-11-20)16-21-17-30(27(31)33-18-21)23-4-6-24(32-3)7-5-23/h4-9,15,19-21H,10-14,16-18H2,1-3H3. The molecule has 0 saturated carbocycles. The molecular formula is C27H35BrN2O4. The number of methoxy groups -OCH3 is 1. The number of hydrogen-bond acceptors (Lipinski definition) is 5. The highest BCUT2D eigenvalue weighted by molar-refractivity contribution is 9.10. The Morgan fingerprint density at radius 2 is 1.76 bits per heavy atom. The number of halogens is 1. The number of carbonyl (C=O) groups is 1. The highest BCUT2D eigenvalue weighted by Gasteiger charge is 2.31. The number of hydrogen-bond donors (Lipinski definition) is 0. The second-order valence-electron chi connectivity index (χ2n) is 9.62.